The summed E-state index contributed by atoms with van der Waals surface area (Å²) in [6.45, 7) is 2.70. The predicted molar refractivity (Wildman–Crippen MR) is 105 cm³/mol. The van der Waals surface area contributed by atoms with Crippen LogP contribution in [0.25, 0.3) is 11.1 Å². The van der Waals surface area contributed by atoms with Crippen LogP contribution in [-0.2, 0) is 4.74 Å². The quantitative estimate of drug-likeness (QED) is 0.863. The largest absolute Gasteiger partial charge is 0.446 e. The van der Waals surface area contributed by atoms with Crippen molar-refractivity contribution in [1.82, 2.24) is 9.78 Å². The van der Waals surface area contributed by atoms with Gasteiger partial charge in [-0.15, -0.1) is 0 Å². The number of ether oxygens (including phenoxy) is 1. The van der Waals surface area contributed by atoms with Gasteiger partial charge in [-0.3, -0.25) is 9.58 Å². The molecule has 6 heteroatoms. The van der Waals surface area contributed by atoms with Gasteiger partial charge in [-0.2, -0.15) is 5.10 Å². The molecule has 0 saturated heterocycles. The maximum absolute atomic E-state index is 12.9. The Balaban J connectivity index is 1.43. The molecule has 5 rings (SSSR count). The lowest BCUT2D eigenvalue weighted by molar-refractivity contribution is 0.107. The molecule has 1 N–H and O–H groups in total. The van der Waals surface area contributed by atoms with E-state index in [9.17, 15) is 4.79 Å². The van der Waals surface area contributed by atoms with Crippen molar-refractivity contribution in [2.75, 3.05) is 16.8 Å². The highest BCUT2D eigenvalue weighted by atomic mass is 16.6. The van der Waals surface area contributed by atoms with E-state index in [1.54, 1.807) is 4.90 Å². The second-order valence-corrected chi connectivity index (χ2v) is 8.12. The molecule has 1 atom stereocenters. The van der Waals surface area contributed by atoms with Crippen LogP contribution in [0.5, 0.6) is 0 Å². The minimum atomic E-state index is -0.220. The van der Waals surface area contributed by atoms with Crippen LogP contribution >= 0.6 is 0 Å². The Hall–Kier alpha value is -2.50. The van der Waals surface area contributed by atoms with Gasteiger partial charge in [0.25, 0.3) is 0 Å². The average molecular weight is 366 g/mol. The molecular weight excluding hydrogens is 340 g/mol. The highest BCUT2D eigenvalue weighted by molar-refractivity contribution is 5.95. The Bertz CT molecular complexity index is 852. The van der Waals surface area contributed by atoms with Crippen LogP contribution in [0.3, 0.4) is 0 Å². The smallest absolute Gasteiger partial charge is 0.414 e. The molecular formula is C21H26N4O2. The van der Waals surface area contributed by atoms with Gasteiger partial charge in [0, 0.05) is 24.3 Å². The number of carbonyl (C=O) groups excluding carboxylic acids is 1. The number of nitrogens with zero attached hydrogens (tertiary/aromatic N) is 3. The monoisotopic (exact) mass is 366 g/mol. The van der Waals surface area contributed by atoms with Crippen molar-refractivity contribution in [3.63, 3.8) is 0 Å². The fourth-order valence-electron chi connectivity index (χ4n) is 4.15. The summed E-state index contributed by atoms with van der Waals surface area (Å²) in [5.74, 6) is 0. The second-order valence-electron chi connectivity index (χ2n) is 8.12. The number of hydrogen-bond donors (Lipinski definition) is 1. The van der Waals surface area contributed by atoms with Gasteiger partial charge in [0.2, 0.25) is 0 Å². The number of hydrogen-bond acceptors (Lipinski definition) is 4. The molecule has 0 radical (unpaired) electrons. The summed E-state index contributed by atoms with van der Waals surface area (Å²) in [5, 5.41) is 7.98. The van der Waals surface area contributed by atoms with Gasteiger partial charge in [-0.05, 0) is 63.1 Å². The number of carbonyl (C=O) groups is 1. The Labute approximate surface area is 159 Å². The highest BCUT2D eigenvalue weighted by Gasteiger charge is 2.30. The SMILES string of the molecule is CC1CN(C(=O)OC2CCCC2)c2cc(-c3cnn(C4CC4)c3)ccc2N1. The number of benzene rings is 1. The molecule has 0 spiro atoms. The van der Waals surface area contributed by atoms with Crippen LogP contribution in [0.2, 0.25) is 0 Å². The number of fused-ring (bicyclic) bond motifs is 1. The third kappa shape index (κ3) is 3.29. The molecule has 2 saturated carbocycles. The van der Waals surface area contributed by atoms with Crippen LogP contribution < -0.4 is 10.2 Å². The summed E-state index contributed by atoms with van der Waals surface area (Å²) in [5.41, 5.74) is 4.05. The molecule has 0 bridgehead atoms. The zero-order valence-electron chi connectivity index (χ0n) is 15.7. The second kappa shape index (κ2) is 6.59. The lowest BCUT2D eigenvalue weighted by Gasteiger charge is -2.34. The standard InChI is InChI=1S/C21H26N4O2/c1-14-12-24(21(26)27-18-4-2-3-5-18)20-10-15(6-9-19(20)23-14)16-11-22-25(13-16)17-7-8-17/h6,9-11,13-14,17-18,23H,2-5,7-8,12H2,1H3. The first kappa shape index (κ1) is 16.7. The van der Waals surface area contributed by atoms with E-state index < -0.39 is 0 Å². The molecule has 1 aliphatic heterocycles. The molecule has 27 heavy (non-hydrogen) atoms. The first-order valence-corrected chi connectivity index (χ1v) is 10.1. The summed E-state index contributed by atoms with van der Waals surface area (Å²) >= 11 is 0. The van der Waals surface area contributed by atoms with Gasteiger partial charge in [-0.25, -0.2) is 4.79 Å². The van der Waals surface area contributed by atoms with Gasteiger partial charge < -0.3 is 10.1 Å². The molecule has 1 amide bonds. The summed E-state index contributed by atoms with van der Waals surface area (Å²) in [6.07, 6.45) is 10.6. The molecule has 2 aromatic rings. The maximum atomic E-state index is 12.9. The first-order valence-electron chi connectivity index (χ1n) is 10.1. The number of anilines is 2. The average Bonchev–Trinajstić information content (AvgIpc) is 3.17. The summed E-state index contributed by atoms with van der Waals surface area (Å²) in [4.78, 5) is 14.7. The van der Waals surface area contributed by atoms with Crippen molar-refractivity contribution in [3.05, 3.63) is 30.6 Å². The minimum Gasteiger partial charge on any atom is -0.446 e. The third-order valence-electron chi connectivity index (χ3n) is 5.79. The fraction of sp³-hybridized carbons (Fsp3) is 0.524. The Kier molecular flexibility index (Phi) is 4.06. The number of amides is 1. The van der Waals surface area contributed by atoms with Gasteiger partial charge in [0.1, 0.15) is 6.10 Å². The van der Waals surface area contributed by atoms with Crippen molar-refractivity contribution in [1.29, 1.82) is 0 Å². The van der Waals surface area contributed by atoms with Gasteiger partial charge in [-0.1, -0.05) is 6.07 Å². The minimum absolute atomic E-state index is 0.0751. The molecule has 1 unspecified atom stereocenters. The topological polar surface area (TPSA) is 59.4 Å². The molecule has 3 aliphatic rings. The number of rotatable bonds is 3. The molecule has 2 aliphatic carbocycles. The predicted octanol–water partition coefficient (Wildman–Crippen LogP) is 4.58. The number of aromatic nitrogens is 2. The molecule has 6 nitrogen and oxygen atoms in total. The lowest BCUT2D eigenvalue weighted by atomic mass is 10.0. The van der Waals surface area contributed by atoms with Gasteiger partial charge in [0.15, 0.2) is 0 Å². The van der Waals surface area contributed by atoms with Crippen molar-refractivity contribution in [3.8, 4) is 11.1 Å². The molecule has 142 valence electrons. The van der Waals surface area contributed by atoms with Gasteiger partial charge in [0.05, 0.1) is 23.6 Å². The lowest BCUT2D eigenvalue weighted by Crippen LogP contribution is -2.44. The van der Waals surface area contributed by atoms with Crippen molar-refractivity contribution in [2.45, 2.75) is 63.6 Å². The van der Waals surface area contributed by atoms with E-state index in [-0.39, 0.29) is 18.2 Å². The zero-order chi connectivity index (χ0) is 18.4. The van der Waals surface area contributed by atoms with E-state index >= 15 is 0 Å². The van der Waals surface area contributed by atoms with Crippen molar-refractivity contribution in [2.24, 2.45) is 0 Å². The van der Waals surface area contributed by atoms with Crippen LogP contribution in [0.1, 0.15) is 51.5 Å². The Morgan fingerprint density at radius 1 is 1.19 bits per heavy atom. The molecule has 1 aromatic carbocycles. The van der Waals surface area contributed by atoms with Crippen molar-refractivity contribution < 1.29 is 9.53 Å². The van der Waals surface area contributed by atoms with E-state index in [1.807, 2.05) is 6.20 Å². The van der Waals surface area contributed by atoms with Crippen LogP contribution in [0.4, 0.5) is 16.2 Å². The zero-order valence-corrected chi connectivity index (χ0v) is 15.7. The first-order chi connectivity index (χ1) is 13.2. The Morgan fingerprint density at radius 3 is 2.78 bits per heavy atom. The summed E-state index contributed by atoms with van der Waals surface area (Å²) in [6, 6.07) is 7.00. The van der Waals surface area contributed by atoms with E-state index in [0.717, 1.165) is 48.2 Å². The van der Waals surface area contributed by atoms with E-state index in [0.29, 0.717) is 12.6 Å². The van der Waals surface area contributed by atoms with Crippen LogP contribution in [-0.4, -0.2) is 34.6 Å². The van der Waals surface area contributed by atoms with Gasteiger partial charge >= 0.3 is 6.09 Å². The summed E-state index contributed by atoms with van der Waals surface area (Å²) < 4.78 is 7.84. The van der Waals surface area contributed by atoms with E-state index in [2.05, 4.69) is 46.4 Å². The molecule has 1 aromatic heterocycles. The van der Waals surface area contributed by atoms with Crippen LogP contribution in [0, 0.1) is 0 Å². The van der Waals surface area contributed by atoms with E-state index in [1.165, 1.54) is 12.8 Å². The van der Waals surface area contributed by atoms with E-state index in [4.69, 9.17) is 4.74 Å². The fourth-order valence-corrected chi connectivity index (χ4v) is 4.15. The normalized spacial score (nSPS) is 22.4. The third-order valence-corrected chi connectivity index (χ3v) is 5.79. The summed E-state index contributed by atoms with van der Waals surface area (Å²) in [7, 11) is 0. The Morgan fingerprint density at radius 2 is 2.00 bits per heavy atom. The maximum Gasteiger partial charge on any atom is 0.414 e. The van der Waals surface area contributed by atoms with Crippen LogP contribution in [0.15, 0.2) is 30.6 Å². The van der Waals surface area contributed by atoms with Crippen molar-refractivity contribution >= 4 is 17.5 Å². The molecule has 2 heterocycles. The highest BCUT2D eigenvalue weighted by Crippen LogP contribution is 2.38. The molecule has 2 fully saturated rings. The number of nitrogens with one attached hydrogen (secondary N) is 1.